The third kappa shape index (κ3) is 3.04. The summed E-state index contributed by atoms with van der Waals surface area (Å²) in [5.74, 6) is 1.43. The lowest BCUT2D eigenvalue weighted by Gasteiger charge is -2.38. The summed E-state index contributed by atoms with van der Waals surface area (Å²) in [6.07, 6.45) is 1.48. The summed E-state index contributed by atoms with van der Waals surface area (Å²) in [6, 6.07) is 23.5. The second-order valence-electron chi connectivity index (χ2n) is 7.67. The predicted molar refractivity (Wildman–Crippen MR) is 117 cm³/mol. The number of benzene rings is 3. The monoisotopic (exact) mass is 409 g/mol. The molecule has 1 unspecified atom stereocenters. The fourth-order valence-corrected chi connectivity index (χ4v) is 4.22. The number of para-hydroxylation sites is 1. The molecule has 31 heavy (non-hydrogen) atoms. The molecular formula is C25H19N3O3. The van der Waals surface area contributed by atoms with E-state index in [1.807, 2.05) is 71.6 Å². The van der Waals surface area contributed by atoms with Crippen LogP contribution < -0.4 is 14.8 Å². The first-order valence-electron chi connectivity index (χ1n) is 10.2. The number of fused-ring (bicyclic) bond motifs is 3. The number of nitrogens with one attached hydrogen (secondary N) is 1. The van der Waals surface area contributed by atoms with E-state index in [-0.39, 0.29) is 18.9 Å². The van der Waals surface area contributed by atoms with Crippen LogP contribution in [-0.2, 0) is 6.54 Å². The zero-order valence-corrected chi connectivity index (χ0v) is 16.6. The number of hydrogen-bond donors (Lipinski definition) is 1. The number of carbonyl (C=O) groups excluding carboxylic acids is 1. The van der Waals surface area contributed by atoms with Gasteiger partial charge in [-0.3, -0.25) is 9.78 Å². The van der Waals surface area contributed by atoms with Crippen molar-refractivity contribution >= 4 is 22.5 Å². The topological polar surface area (TPSA) is 63.7 Å². The zero-order valence-electron chi connectivity index (χ0n) is 16.6. The minimum atomic E-state index is -0.308. The maximum absolute atomic E-state index is 13.5. The van der Waals surface area contributed by atoms with Crippen LogP contribution in [0, 0.1) is 0 Å². The molecule has 152 valence electrons. The van der Waals surface area contributed by atoms with Crippen molar-refractivity contribution in [1.29, 1.82) is 0 Å². The van der Waals surface area contributed by atoms with Gasteiger partial charge in [0.25, 0.3) is 5.91 Å². The smallest absolute Gasteiger partial charge is 0.258 e. The lowest BCUT2D eigenvalue weighted by atomic mass is 10.0. The second kappa shape index (κ2) is 7.02. The van der Waals surface area contributed by atoms with Gasteiger partial charge in [0, 0.05) is 23.8 Å². The number of nitrogens with zero attached hydrogens (tertiary/aromatic N) is 2. The standard InChI is InChI=1S/C25H19N3O3/c29-25-19-5-1-2-6-21(19)27-24(18-8-9-20-17(13-18)4-3-11-26-20)28(25)14-16-7-10-22-23(12-16)31-15-30-22/h1-13,24,27H,14-15H2. The number of pyridine rings is 1. The van der Waals surface area contributed by atoms with E-state index in [2.05, 4.69) is 16.4 Å². The van der Waals surface area contributed by atoms with E-state index in [0.717, 1.165) is 33.5 Å². The lowest BCUT2D eigenvalue weighted by Crippen LogP contribution is -2.42. The van der Waals surface area contributed by atoms with E-state index >= 15 is 0 Å². The van der Waals surface area contributed by atoms with Gasteiger partial charge in [0.1, 0.15) is 6.17 Å². The third-order valence-corrected chi connectivity index (χ3v) is 5.75. The normalized spacial score (nSPS) is 16.8. The van der Waals surface area contributed by atoms with Crippen molar-refractivity contribution < 1.29 is 14.3 Å². The quantitative estimate of drug-likeness (QED) is 0.530. The molecule has 2 aliphatic rings. The van der Waals surface area contributed by atoms with Crippen molar-refractivity contribution in [1.82, 2.24) is 9.88 Å². The highest BCUT2D eigenvalue weighted by molar-refractivity contribution is 6.01. The number of carbonyl (C=O) groups is 1. The van der Waals surface area contributed by atoms with Gasteiger partial charge in [0.05, 0.1) is 11.1 Å². The predicted octanol–water partition coefficient (Wildman–Crippen LogP) is 4.73. The first-order valence-corrected chi connectivity index (χ1v) is 10.2. The van der Waals surface area contributed by atoms with Crippen LogP contribution in [0.15, 0.2) is 79.0 Å². The fourth-order valence-electron chi connectivity index (χ4n) is 4.22. The van der Waals surface area contributed by atoms with E-state index in [0.29, 0.717) is 17.9 Å². The van der Waals surface area contributed by atoms with Crippen LogP contribution in [0.3, 0.4) is 0 Å². The van der Waals surface area contributed by atoms with Crippen LogP contribution in [0.25, 0.3) is 10.9 Å². The van der Waals surface area contributed by atoms with Gasteiger partial charge in [-0.05, 0) is 53.6 Å². The molecular weight excluding hydrogens is 390 g/mol. The molecule has 6 rings (SSSR count). The van der Waals surface area contributed by atoms with Crippen molar-refractivity contribution in [3.8, 4) is 11.5 Å². The van der Waals surface area contributed by atoms with Crippen molar-refractivity contribution in [2.45, 2.75) is 12.7 Å². The highest BCUT2D eigenvalue weighted by Crippen LogP contribution is 2.37. The molecule has 1 N–H and O–H groups in total. The molecule has 0 saturated heterocycles. The van der Waals surface area contributed by atoms with Crippen molar-refractivity contribution in [2.75, 3.05) is 12.1 Å². The SMILES string of the molecule is O=C1c2ccccc2NC(c2ccc3ncccc3c2)N1Cc1ccc2c(c1)OCO2. The van der Waals surface area contributed by atoms with E-state index in [9.17, 15) is 4.79 Å². The fraction of sp³-hybridized carbons (Fsp3) is 0.120. The van der Waals surface area contributed by atoms with Gasteiger partial charge >= 0.3 is 0 Å². The van der Waals surface area contributed by atoms with Gasteiger partial charge in [0.15, 0.2) is 11.5 Å². The Hall–Kier alpha value is -4.06. The summed E-state index contributed by atoms with van der Waals surface area (Å²) < 4.78 is 10.9. The zero-order chi connectivity index (χ0) is 20.8. The first kappa shape index (κ1) is 17.8. The average molecular weight is 409 g/mol. The molecule has 0 aliphatic carbocycles. The van der Waals surface area contributed by atoms with E-state index in [4.69, 9.17) is 9.47 Å². The van der Waals surface area contributed by atoms with Gasteiger partial charge in [-0.2, -0.15) is 0 Å². The largest absolute Gasteiger partial charge is 0.454 e. The van der Waals surface area contributed by atoms with Crippen LogP contribution in [0.1, 0.15) is 27.7 Å². The summed E-state index contributed by atoms with van der Waals surface area (Å²) in [5, 5.41) is 4.60. The van der Waals surface area contributed by atoms with Crippen LogP contribution in [0.5, 0.6) is 11.5 Å². The minimum Gasteiger partial charge on any atom is -0.454 e. The van der Waals surface area contributed by atoms with Gasteiger partial charge in [-0.15, -0.1) is 0 Å². The van der Waals surface area contributed by atoms with Crippen molar-refractivity contribution in [2.24, 2.45) is 0 Å². The van der Waals surface area contributed by atoms with Crippen LogP contribution in [-0.4, -0.2) is 22.6 Å². The Bertz CT molecular complexity index is 1320. The number of aromatic nitrogens is 1. The van der Waals surface area contributed by atoms with E-state index < -0.39 is 0 Å². The Morgan fingerprint density at radius 2 is 1.87 bits per heavy atom. The molecule has 1 aromatic heterocycles. The summed E-state index contributed by atoms with van der Waals surface area (Å²) in [4.78, 5) is 19.8. The molecule has 6 heteroatoms. The van der Waals surface area contributed by atoms with Crippen LogP contribution >= 0.6 is 0 Å². The summed E-state index contributed by atoms with van der Waals surface area (Å²) in [5.41, 5.74) is 4.42. The third-order valence-electron chi connectivity index (χ3n) is 5.75. The number of hydrogen-bond acceptors (Lipinski definition) is 5. The summed E-state index contributed by atoms with van der Waals surface area (Å²) in [6.45, 7) is 0.663. The molecule has 0 radical (unpaired) electrons. The van der Waals surface area contributed by atoms with Gasteiger partial charge in [0.2, 0.25) is 6.79 Å². The molecule has 1 amide bonds. The summed E-state index contributed by atoms with van der Waals surface area (Å²) >= 11 is 0. The molecule has 1 atom stereocenters. The molecule has 2 aliphatic heterocycles. The van der Waals surface area contributed by atoms with Gasteiger partial charge in [-0.25, -0.2) is 0 Å². The molecule has 3 heterocycles. The van der Waals surface area contributed by atoms with E-state index in [1.54, 1.807) is 6.20 Å². The maximum atomic E-state index is 13.5. The molecule has 0 fully saturated rings. The Labute approximate surface area is 179 Å². The molecule has 0 saturated carbocycles. The number of ether oxygens (including phenoxy) is 2. The highest BCUT2D eigenvalue weighted by atomic mass is 16.7. The Kier molecular flexibility index (Phi) is 4.02. The number of rotatable bonds is 3. The Morgan fingerprint density at radius 3 is 2.84 bits per heavy atom. The van der Waals surface area contributed by atoms with Crippen molar-refractivity contribution in [3.05, 3.63) is 95.7 Å². The average Bonchev–Trinajstić information content (AvgIpc) is 3.28. The molecule has 4 aromatic rings. The second-order valence-corrected chi connectivity index (χ2v) is 7.67. The van der Waals surface area contributed by atoms with Crippen LogP contribution in [0.2, 0.25) is 0 Å². The molecule has 3 aromatic carbocycles. The highest BCUT2D eigenvalue weighted by Gasteiger charge is 2.33. The van der Waals surface area contributed by atoms with Crippen LogP contribution in [0.4, 0.5) is 5.69 Å². The van der Waals surface area contributed by atoms with Gasteiger partial charge in [-0.1, -0.05) is 30.3 Å². The molecule has 6 nitrogen and oxygen atoms in total. The Balaban J connectivity index is 1.42. The number of amides is 1. The summed E-state index contributed by atoms with van der Waals surface area (Å²) in [7, 11) is 0. The maximum Gasteiger partial charge on any atom is 0.258 e. The number of anilines is 1. The van der Waals surface area contributed by atoms with E-state index in [1.165, 1.54) is 0 Å². The first-order chi connectivity index (χ1) is 15.3. The molecule has 0 spiro atoms. The van der Waals surface area contributed by atoms with Gasteiger partial charge < -0.3 is 19.7 Å². The lowest BCUT2D eigenvalue weighted by molar-refractivity contribution is 0.0666. The minimum absolute atomic E-state index is 0.0108. The molecule has 0 bridgehead atoms. The Morgan fingerprint density at radius 1 is 0.968 bits per heavy atom. The van der Waals surface area contributed by atoms with Crippen molar-refractivity contribution in [3.63, 3.8) is 0 Å².